The Morgan fingerprint density at radius 3 is 2.85 bits per heavy atom. The zero-order valence-corrected chi connectivity index (χ0v) is 18.6. The molecule has 0 saturated carbocycles. The zero-order valence-electron chi connectivity index (χ0n) is 16.2. The van der Waals surface area contributed by atoms with Gasteiger partial charge in [-0.3, -0.25) is 9.79 Å². The molecule has 1 fully saturated rings. The highest BCUT2D eigenvalue weighted by molar-refractivity contribution is 14.0. The highest BCUT2D eigenvalue weighted by atomic mass is 127. The fourth-order valence-electron chi connectivity index (χ4n) is 2.94. The van der Waals surface area contributed by atoms with Gasteiger partial charge in [-0.15, -0.1) is 24.0 Å². The van der Waals surface area contributed by atoms with Crippen LogP contribution in [-0.2, 0) is 11.3 Å². The van der Waals surface area contributed by atoms with Crippen molar-refractivity contribution in [2.45, 2.75) is 52.5 Å². The van der Waals surface area contributed by atoms with E-state index in [4.69, 9.17) is 4.52 Å². The van der Waals surface area contributed by atoms with E-state index in [9.17, 15) is 4.79 Å². The number of carbonyl (C=O) groups excluding carboxylic acids is 1. The van der Waals surface area contributed by atoms with Gasteiger partial charge in [0.25, 0.3) is 0 Å². The normalized spacial score (nSPS) is 17.8. The maximum absolute atomic E-state index is 12.3. The lowest BCUT2D eigenvalue weighted by atomic mass is 10.00. The Morgan fingerprint density at radius 2 is 2.23 bits per heavy atom. The molecule has 0 radical (unpaired) electrons. The number of nitrogens with zero attached hydrogens (tertiary/aromatic N) is 3. The molecule has 0 aliphatic carbocycles. The molecule has 2 heterocycles. The lowest BCUT2D eigenvalue weighted by Crippen LogP contribution is -2.42. The monoisotopic (exact) mass is 477 g/mol. The molecule has 8 heteroatoms. The molecule has 2 N–H and O–H groups in total. The summed E-state index contributed by atoms with van der Waals surface area (Å²) in [4.78, 5) is 18.4. The number of guanidine groups is 1. The molecule has 0 bridgehead atoms. The molecule has 148 valence electrons. The van der Waals surface area contributed by atoms with Crippen molar-refractivity contribution in [3.63, 3.8) is 0 Å². The van der Waals surface area contributed by atoms with Crippen molar-refractivity contribution < 1.29 is 9.32 Å². The second kappa shape index (κ2) is 11.4. The van der Waals surface area contributed by atoms with Crippen LogP contribution in [0, 0.1) is 5.92 Å². The van der Waals surface area contributed by atoms with Crippen LogP contribution in [0.5, 0.6) is 0 Å². The molecule has 0 spiro atoms. The van der Waals surface area contributed by atoms with Gasteiger partial charge in [0, 0.05) is 39.2 Å². The van der Waals surface area contributed by atoms with E-state index in [0.29, 0.717) is 37.3 Å². The molecule has 1 unspecified atom stereocenters. The Kier molecular flexibility index (Phi) is 9.97. The minimum absolute atomic E-state index is 0. The number of amides is 1. The van der Waals surface area contributed by atoms with Crippen molar-refractivity contribution >= 4 is 35.8 Å². The number of hydrogen-bond acceptors (Lipinski definition) is 4. The van der Waals surface area contributed by atoms with Crippen molar-refractivity contribution in [2.75, 3.05) is 26.7 Å². The molecular formula is C18H32IN5O2. The molecule has 2 rings (SSSR count). The third kappa shape index (κ3) is 7.13. The number of rotatable bonds is 6. The van der Waals surface area contributed by atoms with Gasteiger partial charge in [-0.1, -0.05) is 25.9 Å². The SMILES string of the molecule is CN=C(NCCC(=O)N1CCCC(C)C1)NCc1cc(C(C)C)no1.I. The average Bonchev–Trinajstić information content (AvgIpc) is 3.07. The topological polar surface area (TPSA) is 82.8 Å². The van der Waals surface area contributed by atoms with Crippen molar-refractivity contribution in [1.82, 2.24) is 20.7 Å². The van der Waals surface area contributed by atoms with Crippen molar-refractivity contribution in [1.29, 1.82) is 0 Å². The summed E-state index contributed by atoms with van der Waals surface area (Å²) >= 11 is 0. The summed E-state index contributed by atoms with van der Waals surface area (Å²) in [6.07, 6.45) is 2.81. The summed E-state index contributed by atoms with van der Waals surface area (Å²) < 4.78 is 5.30. The van der Waals surface area contributed by atoms with Crippen LogP contribution in [0.25, 0.3) is 0 Å². The first-order valence-corrected chi connectivity index (χ1v) is 9.17. The van der Waals surface area contributed by atoms with Gasteiger partial charge in [0.1, 0.15) is 0 Å². The van der Waals surface area contributed by atoms with Gasteiger partial charge in [0.05, 0.1) is 12.2 Å². The summed E-state index contributed by atoms with van der Waals surface area (Å²) in [5, 5.41) is 10.4. The fraction of sp³-hybridized carbons (Fsp3) is 0.722. The second-order valence-electron chi connectivity index (χ2n) is 7.06. The van der Waals surface area contributed by atoms with E-state index in [0.717, 1.165) is 31.0 Å². The van der Waals surface area contributed by atoms with Gasteiger partial charge >= 0.3 is 0 Å². The highest BCUT2D eigenvalue weighted by Gasteiger charge is 2.20. The first kappa shape index (κ1) is 22.7. The number of carbonyl (C=O) groups is 1. The van der Waals surface area contributed by atoms with Crippen molar-refractivity contribution in [3.8, 4) is 0 Å². The number of likely N-dealkylation sites (tertiary alicyclic amines) is 1. The number of hydrogen-bond donors (Lipinski definition) is 2. The van der Waals surface area contributed by atoms with E-state index in [1.54, 1.807) is 7.05 Å². The van der Waals surface area contributed by atoms with E-state index >= 15 is 0 Å². The summed E-state index contributed by atoms with van der Waals surface area (Å²) in [5.41, 5.74) is 0.945. The van der Waals surface area contributed by atoms with Gasteiger partial charge < -0.3 is 20.1 Å². The standard InChI is InChI=1S/C18H31N5O2.HI/c1-13(2)16-10-15(25-22-16)11-21-18(19-4)20-8-7-17(24)23-9-5-6-14(3)12-23;/h10,13-14H,5-9,11-12H2,1-4H3,(H2,19,20,21);1H. The van der Waals surface area contributed by atoms with E-state index in [-0.39, 0.29) is 29.9 Å². The first-order chi connectivity index (χ1) is 12.0. The Balaban J connectivity index is 0.00000338. The number of aromatic nitrogens is 1. The summed E-state index contributed by atoms with van der Waals surface area (Å²) in [5.74, 6) is 2.59. The molecule has 1 amide bonds. The van der Waals surface area contributed by atoms with Crippen LogP contribution in [0.15, 0.2) is 15.6 Å². The number of piperidine rings is 1. The maximum Gasteiger partial charge on any atom is 0.224 e. The van der Waals surface area contributed by atoms with Crippen LogP contribution >= 0.6 is 24.0 Å². The molecule has 1 atom stereocenters. The van der Waals surface area contributed by atoms with Crippen LogP contribution in [-0.4, -0.2) is 48.6 Å². The largest absolute Gasteiger partial charge is 0.359 e. The first-order valence-electron chi connectivity index (χ1n) is 9.17. The molecule has 7 nitrogen and oxygen atoms in total. The molecular weight excluding hydrogens is 445 g/mol. The molecule has 0 aromatic carbocycles. The number of halogens is 1. The minimum Gasteiger partial charge on any atom is -0.359 e. The molecule has 1 aromatic rings. The molecule has 1 aliphatic heterocycles. The fourth-order valence-corrected chi connectivity index (χ4v) is 2.94. The van der Waals surface area contributed by atoms with Crippen LogP contribution in [0.3, 0.4) is 0 Å². The molecule has 26 heavy (non-hydrogen) atoms. The van der Waals surface area contributed by atoms with E-state index in [1.807, 2.05) is 11.0 Å². The Bertz CT molecular complexity index is 588. The second-order valence-corrected chi connectivity index (χ2v) is 7.06. The summed E-state index contributed by atoms with van der Waals surface area (Å²) in [6.45, 7) is 9.21. The third-order valence-corrected chi connectivity index (χ3v) is 4.46. The van der Waals surface area contributed by atoms with Crippen LogP contribution in [0.1, 0.15) is 57.4 Å². The van der Waals surface area contributed by atoms with E-state index in [1.165, 1.54) is 6.42 Å². The van der Waals surface area contributed by atoms with Crippen molar-refractivity contribution in [2.24, 2.45) is 10.9 Å². The van der Waals surface area contributed by atoms with Crippen LogP contribution in [0.4, 0.5) is 0 Å². The van der Waals surface area contributed by atoms with Gasteiger partial charge in [-0.25, -0.2) is 0 Å². The lowest BCUT2D eigenvalue weighted by molar-refractivity contribution is -0.132. The van der Waals surface area contributed by atoms with Crippen LogP contribution in [0.2, 0.25) is 0 Å². The van der Waals surface area contributed by atoms with Gasteiger partial charge in [0.15, 0.2) is 11.7 Å². The predicted molar refractivity (Wildman–Crippen MR) is 114 cm³/mol. The van der Waals surface area contributed by atoms with E-state index in [2.05, 4.69) is 41.6 Å². The zero-order chi connectivity index (χ0) is 18.2. The lowest BCUT2D eigenvalue weighted by Gasteiger charge is -2.31. The Labute approximate surface area is 173 Å². The van der Waals surface area contributed by atoms with Crippen molar-refractivity contribution in [3.05, 3.63) is 17.5 Å². The third-order valence-electron chi connectivity index (χ3n) is 4.46. The minimum atomic E-state index is 0. The number of nitrogens with one attached hydrogen (secondary N) is 2. The Hall–Kier alpha value is -1.32. The average molecular weight is 477 g/mol. The van der Waals surface area contributed by atoms with E-state index < -0.39 is 0 Å². The summed E-state index contributed by atoms with van der Waals surface area (Å²) in [7, 11) is 1.71. The van der Waals surface area contributed by atoms with Gasteiger partial charge in [0.2, 0.25) is 5.91 Å². The van der Waals surface area contributed by atoms with Gasteiger partial charge in [-0.2, -0.15) is 0 Å². The summed E-state index contributed by atoms with van der Waals surface area (Å²) in [6, 6.07) is 1.95. The highest BCUT2D eigenvalue weighted by Crippen LogP contribution is 2.16. The molecule has 1 saturated heterocycles. The number of aliphatic imine (C=N–C) groups is 1. The maximum atomic E-state index is 12.3. The quantitative estimate of drug-likeness (QED) is 0.374. The Morgan fingerprint density at radius 1 is 1.46 bits per heavy atom. The molecule has 1 aliphatic rings. The smallest absolute Gasteiger partial charge is 0.224 e. The van der Waals surface area contributed by atoms with Gasteiger partial charge in [-0.05, 0) is 24.7 Å². The predicted octanol–water partition coefficient (Wildman–Crippen LogP) is 2.73. The molecule has 1 aromatic heterocycles. The van der Waals surface area contributed by atoms with Crippen LogP contribution < -0.4 is 10.6 Å².